The van der Waals surface area contributed by atoms with Crippen LogP contribution in [0.3, 0.4) is 0 Å². The maximum Gasteiger partial charge on any atom is 0.200 e. The number of aryl methyl sites for hydroxylation is 1. The molecule has 0 spiro atoms. The van der Waals surface area contributed by atoms with Crippen LogP contribution in [0.4, 0.5) is 5.95 Å². The fraction of sp³-hybridized carbons (Fsp3) is 0.250. The van der Waals surface area contributed by atoms with Gasteiger partial charge < -0.3 is 10.3 Å². The molecule has 1 heterocycles. The van der Waals surface area contributed by atoms with Crippen LogP contribution >= 0.6 is 11.8 Å². The second-order valence-electron chi connectivity index (χ2n) is 3.69. The van der Waals surface area contributed by atoms with Gasteiger partial charge in [-0.3, -0.25) is 0 Å². The summed E-state index contributed by atoms with van der Waals surface area (Å²) in [6.45, 7) is 2.80. The van der Waals surface area contributed by atoms with Crippen molar-refractivity contribution in [2.75, 3.05) is 12.0 Å². The van der Waals surface area contributed by atoms with Gasteiger partial charge >= 0.3 is 0 Å². The molecular formula is C12H15N3S. The van der Waals surface area contributed by atoms with E-state index < -0.39 is 0 Å². The lowest BCUT2D eigenvalue weighted by Gasteiger charge is -2.07. The minimum atomic E-state index is 0.575. The highest BCUT2D eigenvalue weighted by Gasteiger charge is 2.03. The fourth-order valence-electron chi connectivity index (χ4n) is 1.60. The Morgan fingerprint density at radius 1 is 1.31 bits per heavy atom. The first-order chi connectivity index (χ1) is 7.70. The van der Waals surface area contributed by atoms with Gasteiger partial charge in [0.25, 0.3) is 0 Å². The molecule has 0 aliphatic heterocycles. The molecule has 3 nitrogen and oxygen atoms in total. The van der Waals surface area contributed by atoms with E-state index in [1.807, 2.05) is 11.5 Å². The largest absolute Gasteiger partial charge is 0.369 e. The lowest BCUT2D eigenvalue weighted by molar-refractivity contribution is 0.782. The number of imidazole rings is 1. The third-order valence-corrected chi connectivity index (χ3v) is 3.33. The summed E-state index contributed by atoms with van der Waals surface area (Å²) in [6.07, 6.45) is 3.87. The van der Waals surface area contributed by atoms with Crippen LogP contribution in [-0.4, -0.2) is 15.8 Å². The Morgan fingerprint density at radius 2 is 2.00 bits per heavy atom. The third-order valence-electron chi connectivity index (χ3n) is 2.59. The van der Waals surface area contributed by atoms with Crippen molar-refractivity contribution in [1.82, 2.24) is 9.55 Å². The fourth-order valence-corrected chi connectivity index (χ4v) is 2.01. The van der Waals surface area contributed by atoms with E-state index in [0.717, 1.165) is 12.2 Å². The van der Waals surface area contributed by atoms with Crippen LogP contribution in [0, 0.1) is 6.92 Å². The van der Waals surface area contributed by atoms with Crippen molar-refractivity contribution in [3.05, 3.63) is 41.7 Å². The minimum absolute atomic E-state index is 0.575. The number of hydrogen-bond donors (Lipinski definition) is 1. The van der Waals surface area contributed by atoms with Gasteiger partial charge in [-0.1, -0.05) is 12.1 Å². The Hall–Kier alpha value is -1.42. The summed E-state index contributed by atoms with van der Waals surface area (Å²) >= 11 is 1.75. The van der Waals surface area contributed by atoms with Crippen LogP contribution in [0.1, 0.15) is 11.3 Å². The predicted octanol–water partition coefficient (Wildman–Crippen LogP) is 2.54. The first-order valence-corrected chi connectivity index (χ1v) is 6.33. The summed E-state index contributed by atoms with van der Waals surface area (Å²) in [5.74, 6) is 0.575. The summed E-state index contributed by atoms with van der Waals surface area (Å²) in [4.78, 5) is 5.36. The standard InChI is InChI=1S/C12H15N3S/c1-9-7-14-12(13)15(9)8-10-3-5-11(16-2)6-4-10/h3-7H,8H2,1-2H3,(H2,13,14). The highest BCUT2D eigenvalue weighted by molar-refractivity contribution is 7.98. The average Bonchev–Trinajstić information content (AvgIpc) is 2.62. The van der Waals surface area contributed by atoms with E-state index in [1.165, 1.54) is 10.5 Å². The molecule has 0 radical (unpaired) electrons. The molecule has 0 saturated carbocycles. The first kappa shape index (κ1) is 11.1. The highest BCUT2D eigenvalue weighted by Crippen LogP contribution is 2.16. The Morgan fingerprint density at radius 3 is 2.50 bits per heavy atom. The van der Waals surface area contributed by atoms with Crippen molar-refractivity contribution in [3.8, 4) is 0 Å². The maximum atomic E-state index is 5.79. The van der Waals surface area contributed by atoms with Crippen LogP contribution < -0.4 is 5.73 Å². The molecule has 2 aromatic rings. The van der Waals surface area contributed by atoms with Gasteiger partial charge in [0.2, 0.25) is 5.95 Å². The predicted molar refractivity (Wildman–Crippen MR) is 68.7 cm³/mol. The molecule has 16 heavy (non-hydrogen) atoms. The zero-order chi connectivity index (χ0) is 11.5. The molecule has 0 bridgehead atoms. The minimum Gasteiger partial charge on any atom is -0.369 e. The normalized spacial score (nSPS) is 10.6. The quantitative estimate of drug-likeness (QED) is 0.829. The van der Waals surface area contributed by atoms with Crippen LogP contribution in [0.25, 0.3) is 0 Å². The second kappa shape index (κ2) is 4.61. The Kier molecular flexibility index (Phi) is 3.19. The summed E-state index contributed by atoms with van der Waals surface area (Å²) in [7, 11) is 0. The van der Waals surface area contributed by atoms with E-state index in [-0.39, 0.29) is 0 Å². The maximum absolute atomic E-state index is 5.79. The number of nitrogens with zero attached hydrogens (tertiary/aromatic N) is 2. The smallest absolute Gasteiger partial charge is 0.200 e. The van der Waals surface area contributed by atoms with Gasteiger partial charge in [-0.05, 0) is 30.9 Å². The lowest BCUT2D eigenvalue weighted by Crippen LogP contribution is -2.06. The van der Waals surface area contributed by atoms with Crippen molar-refractivity contribution < 1.29 is 0 Å². The molecule has 2 rings (SSSR count). The van der Waals surface area contributed by atoms with Crippen LogP contribution in [0.15, 0.2) is 35.4 Å². The zero-order valence-corrected chi connectivity index (χ0v) is 10.3. The second-order valence-corrected chi connectivity index (χ2v) is 4.57. The van der Waals surface area contributed by atoms with E-state index >= 15 is 0 Å². The van der Waals surface area contributed by atoms with Gasteiger partial charge in [0.05, 0.1) is 12.7 Å². The van der Waals surface area contributed by atoms with Crippen LogP contribution in [0.5, 0.6) is 0 Å². The molecule has 84 valence electrons. The molecule has 0 aliphatic carbocycles. The van der Waals surface area contributed by atoms with Gasteiger partial charge in [-0.25, -0.2) is 4.98 Å². The number of hydrogen-bond acceptors (Lipinski definition) is 3. The molecule has 1 aromatic carbocycles. The molecule has 0 unspecified atom stereocenters. The topological polar surface area (TPSA) is 43.8 Å². The van der Waals surface area contributed by atoms with Crippen LogP contribution in [0.2, 0.25) is 0 Å². The average molecular weight is 233 g/mol. The SMILES string of the molecule is CSc1ccc(Cn2c(C)cnc2N)cc1. The van der Waals surface area contributed by atoms with Crippen LogP contribution in [-0.2, 0) is 6.54 Å². The van der Waals surface area contributed by atoms with E-state index in [1.54, 1.807) is 18.0 Å². The monoisotopic (exact) mass is 233 g/mol. The number of rotatable bonds is 3. The summed E-state index contributed by atoms with van der Waals surface area (Å²) in [6, 6.07) is 8.51. The third kappa shape index (κ3) is 2.22. The first-order valence-electron chi connectivity index (χ1n) is 5.11. The summed E-state index contributed by atoms with van der Waals surface area (Å²) < 4.78 is 2.01. The highest BCUT2D eigenvalue weighted by atomic mass is 32.2. The molecule has 0 aliphatic rings. The lowest BCUT2D eigenvalue weighted by atomic mass is 10.2. The van der Waals surface area contributed by atoms with Crippen molar-refractivity contribution >= 4 is 17.7 Å². The number of thioether (sulfide) groups is 1. The molecule has 0 fully saturated rings. The van der Waals surface area contributed by atoms with E-state index in [2.05, 4.69) is 35.5 Å². The van der Waals surface area contributed by atoms with E-state index in [9.17, 15) is 0 Å². The molecule has 0 saturated heterocycles. The molecule has 1 aromatic heterocycles. The van der Waals surface area contributed by atoms with Gasteiger partial charge in [0.15, 0.2) is 0 Å². The van der Waals surface area contributed by atoms with Gasteiger partial charge in [0, 0.05) is 10.6 Å². The molecular weight excluding hydrogens is 218 g/mol. The van der Waals surface area contributed by atoms with E-state index in [0.29, 0.717) is 5.95 Å². The van der Waals surface area contributed by atoms with Gasteiger partial charge in [-0.15, -0.1) is 11.8 Å². The molecule has 4 heteroatoms. The summed E-state index contributed by atoms with van der Waals surface area (Å²) in [5.41, 5.74) is 8.12. The van der Waals surface area contributed by atoms with Crippen molar-refractivity contribution in [2.45, 2.75) is 18.4 Å². The van der Waals surface area contributed by atoms with Crippen molar-refractivity contribution in [2.24, 2.45) is 0 Å². The van der Waals surface area contributed by atoms with Crippen molar-refractivity contribution in [3.63, 3.8) is 0 Å². The summed E-state index contributed by atoms with van der Waals surface area (Å²) in [5, 5.41) is 0. The molecule has 2 N–H and O–H groups in total. The Balaban J connectivity index is 2.20. The van der Waals surface area contributed by atoms with Crippen molar-refractivity contribution in [1.29, 1.82) is 0 Å². The molecule has 0 atom stereocenters. The van der Waals surface area contributed by atoms with Gasteiger partial charge in [-0.2, -0.15) is 0 Å². The number of benzene rings is 1. The van der Waals surface area contributed by atoms with E-state index in [4.69, 9.17) is 5.73 Å². The molecule has 0 amide bonds. The van der Waals surface area contributed by atoms with Gasteiger partial charge in [0.1, 0.15) is 0 Å². The number of aromatic nitrogens is 2. The Bertz CT molecular complexity index is 454. The zero-order valence-electron chi connectivity index (χ0n) is 9.47. The number of nitrogen functional groups attached to an aromatic ring is 1. The number of nitrogens with two attached hydrogens (primary N) is 1. The Labute approximate surface area is 99.7 Å². The number of anilines is 1.